The van der Waals surface area contributed by atoms with Gasteiger partial charge in [0, 0.05) is 0 Å². The van der Waals surface area contributed by atoms with Gasteiger partial charge >= 0.3 is 0 Å². The summed E-state index contributed by atoms with van der Waals surface area (Å²) in [5.74, 6) is 0. The first-order chi connectivity index (χ1) is 9.99. The van der Waals surface area contributed by atoms with Crippen molar-refractivity contribution in [3.8, 4) is 12.1 Å². The maximum absolute atomic E-state index is 12.4. The molecule has 2 rings (SSSR count). The molecular weight excluding hydrogens is 286 g/mol. The Bertz CT molecular complexity index is 875. The van der Waals surface area contributed by atoms with Crippen molar-refractivity contribution in [2.24, 2.45) is 0 Å². The molecule has 0 aromatic heterocycles. The van der Waals surface area contributed by atoms with E-state index in [1.807, 2.05) is 12.1 Å². The molecule has 0 bridgehead atoms. The molecule has 5 nitrogen and oxygen atoms in total. The van der Waals surface area contributed by atoms with Crippen molar-refractivity contribution in [2.45, 2.75) is 11.8 Å². The fourth-order valence-corrected chi connectivity index (χ4v) is 3.12. The minimum absolute atomic E-state index is 0.0520. The molecular formula is C15H11N3O2S. The fourth-order valence-electron chi connectivity index (χ4n) is 1.89. The summed E-state index contributed by atoms with van der Waals surface area (Å²) in [4.78, 5) is -0.113. The molecule has 0 saturated heterocycles. The highest BCUT2D eigenvalue weighted by Gasteiger charge is 2.20. The first kappa shape index (κ1) is 14.6. The van der Waals surface area contributed by atoms with Gasteiger partial charge in [-0.2, -0.15) is 10.5 Å². The average molecular weight is 297 g/mol. The fraction of sp³-hybridized carbons (Fsp3) is 0.0667. The zero-order chi connectivity index (χ0) is 15.5. The van der Waals surface area contributed by atoms with E-state index in [4.69, 9.17) is 10.5 Å². The van der Waals surface area contributed by atoms with Gasteiger partial charge in [-0.1, -0.05) is 24.3 Å². The van der Waals surface area contributed by atoms with Crippen molar-refractivity contribution in [2.75, 3.05) is 4.72 Å². The van der Waals surface area contributed by atoms with Crippen LogP contribution in [0.25, 0.3) is 0 Å². The third-order valence-corrected chi connectivity index (χ3v) is 4.35. The molecule has 0 amide bonds. The summed E-state index contributed by atoms with van der Waals surface area (Å²) in [6.45, 7) is 1.72. The number of nitriles is 2. The van der Waals surface area contributed by atoms with E-state index in [2.05, 4.69) is 4.72 Å². The molecule has 0 heterocycles. The van der Waals surface area contributed by atoms with E-state index in [-0.39, 0.29) is 21.7 Å². The summed E-state index contributed by atoms with van der Waals surface area (Å²) in [6.07, 6.45) is 0. The van der Waals surface area contributed by atoms with Crippen LogP contribution in [-0.2, 0) is 10.0 Å². The molecule has 104 valence electrons. The van der Waals surface area contributed by atoms with Crippen LogP contribution in [0.1, 0.15) is 16.7 Å². The van der Waals surface area contributed by atoms with Gasteiger partial charge in [0.1, 0.15) is 17.0 Å². The van der Waals surface area contributed by atoms with Crippen LogP contribution >= 0.6 is 0 Å². The molecule has 0 aliphatic heterocycles. The molecule has 2 aromatic carbocycles. The first-order valence-electron chi connectivity index (χ1n) is 6.01. The van der Waals surface area contributed by atoms with Gasteiger partial charge in [-0.05, 0) is 30.7 Å². The predicted octanol–water partition coefficient (Wildman–Crippen LogP) is 2.54. The van der Waals surface area contributed by atoms with E-state index in [1.54, 1.807) is 25.1 Å². The van der Waals surface area contributed by atoms with Gasteiger partial charge in [-0.15, -0.1) is 0 Å². The molecule has 0 aliphatic carbocycles. The van der Waals surface area contributed by atoms with Gasteiger partial charge in [0.25, 0.3) is 10.0 Å². The van der Waals surface area contributed by atoms with Crippen LogP contribution < -0.4 is 4.72 Å². The highest BCUT2D eigenvalue weighted by atomic mass is 32.2. The summed E-state index contributed by atoms with van der Waals surface area (Å²) in [5, 5.41) is 18.1. The second kappa shape index (κ2) is 5.66. The predicted molar refractivity (Wildman–Crippen MR) is 77.9 cm³/mol. The minimum atomic E-state index is -3.93. The molecule has 0 unspecified atom stereocenters. The van der Waals surface area contributed by atoms with E-state index in [9.17, 15) is 8.42 Å². The van der Waals surface area contributed by atoms with Crippen LogP contribution in [0, 0.1) is 29.6 Å². The molecule has 21 heavy (non-hydrogen) atoms. The molecule has 0 saturated carbocycles. The Labute approximate surface area is 123 Å². The molecule has 0 fully saturated rings. The van der Waals surface area contributed by atoms with E-state index in [1.165, 1.54) is 24.3 Å². The zero-order valence-electron chi connectivity index (χ0n) is 11.2. The average Bonchev–Trinajstić information content (AvgIpc) is 2.47. The molecule has 6 heteroatoms. The number of nitrogens with one attached hydrogen (secondary N) is 1. The number of hydrogen-bond donors (Lipinski definition) is 1. The zero-order valence-corrected chi connectivity index (χ0v) is 12.0. The van der Waals surface area contributed by atoms with Gasteiger partial charge in [0.2, 0.25) is 0 Å². The highest BCUT2D eigenvalue weighted by Crippen LogP contribution is 2.23. The number of benzene rings is 2. The number of rotatable bonds is 3. The number of anilines is 1. The normalized spacial score (nSPS) is 10.4. The molecule has 0 spiro atoms. The largest absolute Gasteiger partial charge is 0.278 e. The topological polar surface area (TPSA) is 93.8 Å². The molecule has 2 aromatic rings. The van der Waals surface area contributed by atoms with E-state index in [0.29, 0.717) is 5.56 Å². The SMILES string of the molecule is Cc1cccc(NS(=O)(=O)c2ccccc2C#N)c1C#N. The number of sulfonamides is 1. The molecule has 0 radical (unpaired) electrons. The van der Waals surface area contributed by atoms with Crippen molar-refractivity contribution in [1.29, 1.82) is 10.5 Å². The van der Waals surface area contributed by atoms with Gasteiger partial charge in [0.05, 0.1) is 16.8 Å². The Morgan fingerprint density at radius 2 is 1.71 bits per heavy atom. The Hall–Kier alpha value is -2.83. The van der Waals surface area contributed by atoms with E-state index < -0.39 is 10.0 Å². The van der Waals surface area contributed by atoms with Gasteiger partial charge < -0.3 is 0 Å². The van der Waals surface area contributed by atoms with Crippen LogP contribution in [0.3, 0.4) is 0 Å². The Kier molecular flexibility index (Phi) is 3.93. The summed E-state index contributed by atoms with van der Waals surface area (Å²) in [6, 6.07) is 14.6. The monoisotopic (exact) mass is 297 g/mol. The minimum Gasteiger partial charge on any atom is -0.278 e. The van der Waals surface area contributed by atoms with Crippen LogP contribution in [0.15, 0.2) is 47.4 Å². The van der Waals surface area contributed by atoms with E-state index in [0.717, 1.165) is 0 Å². The summed E-state index contributed by atoms with van der Waals surface area (Å²) < 4.78 is 27.1. The second-order valence-electron chi connectivity index (χ2n) is 4.32. The number of nitrogens with zero attached hydrogens (tertiary/aromatic N) is 2. The van der Waals surface area contributed by atoms with Crippen LogP contribution in [0.4, 0.5) is 5.69 Å². The summed E-state index contributed by atoms with van der Waals surface area (Å²) in [7, 11) is -3.93. The van der Waals surface area contributed by atoms with Gasteiger partial charge in [0.15, 0.2) is 0 Å². The number of hydrogen-bond acceptors (Lipinski definition) is 4. The lowest BCUT2D eigenvalue weighted by atomic mass is 10.1. The molecule has 0 atom stereocenters. The maximum Gasteiger partial charge on any atom is 0.263 e. The smallest absolute Gasteiger partial charge is 0.263 e. The van der Waals surface area contributed by atoms with Crippen molar-refractivity contribution in [3.63, 3.8) is 0 Å². The Morgan fingerprint density at radius 3 is 2.38 bits per heavy atom. The molecule has 1 N–H and O–H groups in total. The Morgan fingerprint density at radius 1 is 1.00 bits per heavy atom. The quantitative estimate of drug-likeness (QED) is 0.942. The lowest BCUT2D eigenvalue weighted by Crippen LogP contribution is -2.15. The van der Waals surface area contributed by atoms with Crippen molar-refractivity contribution in [1.82, 2.24) is 0 Å². The number of aryl methyl sites for hydroxylation is 1. The maximum atomic E-state index is 12.4. The van der Waals surface area contributed by atoms with Crippen molar-refractivity contribution >= 4 is 15.7 Å². The van der Waals surface area contributed by atoms with Crippen molar-refractivity contribution in [3.05, 3.63) is 59.2 Å². The van der Waals surface area contributed by atoms with Crippen LogP contribution in [-0.4, -0.2) is 8.42 Å². The van der Waals surface area contributed by atoms with Gasteiger partial charge in [-0.25, -0.2) is 8.42 Å². The first-order valence-corrected chi connectivity index (χ1v) is 7.49. The van der Waals surface area contributed by atoms with Gasteiger partial charge in [-0.3, -0.25) is 4.72 Å². The lowest BCUT2D eigenvalue weighted by molar-refractivity contribution is 0.601. The standard InChI is InChI=1S/C15H11N3O2S/c1-11-5-4-7-14(13(11)10-17)18-21(19,20)15-8-3-2-6-12(15)9-16/h2-8,18H,1H3. The van der Waals surface area contributed by atoms with Crippen LogP contribution in [0.2, 0.25) is 0 Å². The Balaban J connectivity index is 2.52. The summed E-state index contributed by atoms with van der Waals surface area (Å²) in [5.41, 5.74) is 1.18. The van der Waals surface area contributed by atoms with Crippen LogP contribution in [0.5, 0.6) is 0 Å². The molecule has 0 aliphatic rings. The van der Waals surface area contributed by atoms with E-state index >= 15 is 0 Å². The summed E-state index contributed by atoms with van der Waals surface area (Å²) >= 11 is 0. The second-order valence-corrected chi connectivity index (χ2v) is 5.97. The third kappa shape index (κ3) is 2.86. The third-order valence-electron chi connectivity index (χ3n) is 2.93. The lowest BCUT2D eigenvalue weighted by Gasteiger charge is -2.11. The van der Waals surface area contributed by atoms with Crippen molar-refractivity contribution < 1.29 is 8.42 Å². The highest BCUT2D eigenvalue weighted by molar-refractivity contribution is 7.92.